The maximum absolute atomic E-state index is 6.23. The average molecular weight is 169 g/mol. The van der Waals surface area contributed by atoms with Crippen LogP contribution in [0.3, 0.4) is 0 Å². The molecule has 0 amide bonds. The van der Waals surface area contributed by atoms with E-state index in [1.807, 2.05) is 0 Å². The van der Waals surface area contributed by atoms with Crippen LogP contribution in [0.25, 0.3) is 0 Å². The Labute approximate surface area is 73.3 Å². The molecule has 2 aliphatic rings. The van der Waals surface area contributed by atoms with Gasteiger partial charge in [-0.05, 0) is 24.7 Å². The van der Waals surface area contributed by atoms with E-state index in [0.29, 0.717) is 5.92 Å². The first-order valence-corrected chi connectivity index (χ1v) is 4.63. The van der Waals surface area contributed by atoms with Crippen LogP contribution in [0.1, 0.15) is 33.1 Å². The highest BCUT2D eigenvalue weighted by atomic mass is 35.5. The van der Waals surface area contributed by atoms with Gasteiger partial charge >= 0.3 is 0 Å². The van der Waals surface area contributed by atoms with Gasteiger partial charge in [-0.1, -0.05) is 25.7 Å². The Morgan fingerprint density at radius 2 is 1.91 bits per heavy atom. The van der Waals surface area contributed by atoms with E-state index in [0.717, 1.165) is 6.42 Å². The highest BCUT2D eigenvalue weighted by Gasteiger charge is 2.59. The van der Waals surface area contributed by atoms with Gasteiger partial charge < -0.3 is 0 Å². The van der Waals surface area contributed by atoms with E-state index >= 15 is 0 Å². The largest absolute Gasteiger partial charge is 0.111 e. The Balaban J connectivity index is 2.03. The van der Waals surface area contributed by atoms with E-state index in [1.165, 1.54) is 12.8 Å². The molecule has 1 heteroatoms. The number of alkyl halides is 1. The van der Waals surface area contributed by atoms with Crippen LogP contribution >= 0.6 is 11.6 Å². The van der Waals surface area contributed by atoms with Crippen LogP contribution in [0.5, 0.6) is 0 Å². The fourth-order valence-corrected chi connectivity index (χ4v) is 1.61. The Bertz CT molecular complexity index is 239. The van der Waals surface area contributed by atoms with Crippen LogP contribution in [0, 0.1) is 23.2 Å². The lowest BCUT2D eigenvalue weighted by Crippen LogP contribution is -2.03. The van der Waals surface area contributed by atoms with Crippen molar-refractivity contribution in [3.63, 3.8) is 0 Å². The number of halogens is 1. The minimum absolute atomic E-state index is 0.171. The summed E-state index contributed by atoms with van der Waals surface area (Å²) in [5, 5.41) is 0. The van der Waals surface area contributed by atoms with E-state index in [2.05, 4.69) is 25.7 Å². The van der Waals surface area contributed by atoms with Crippen molar-refractivity contribution in [1.82, 2.24) is 0 Å². The zero-order valence-corrected chi connectivity index (χ0v) is 7.83. The summed E-state index contributed by atoms with van der Waals surface area (Å²) in [6.45, 7) is 4.36. The summed E-state index contributed by atoms with van der Waals surface area (Å²) in [5.74, 6) is 7.12. The molecular formula is C10H13Cl. The summed E-state index contributed by atoms with van der Waals surface area (Å²) in [4.78, 5) is -0.171. The van der Waals surface area contributed by atoms with Gasteiger partial charge in [-0.15, -0.1) is 11.6 Å². The van der Waals surface area contributed by atoms with Crippen LogP contribution in [0.4, 0.5) is 0 Å². The lowest BCUT2D eigenvalue weighted by molar-refractivity contribution is 0.629. The molecule has 0 aromatic carbocycles. The third-order valence-corrected chi connectivity index (χ3v) is 3.42. The van der Waals surface area contributed by atoms with Gasteiger partial charge in [0.25, 0.3) is 0 Å². The lowest BCUT2D eigenvalue weighted by atomic mass is 10.1. The molecule has 0 bridgehead atoms. The Morgan fingerprint density at radius 1 is 1.36 bits per heavy atom. The standard InChI is InChI=1S/C10H13Cl/c1-9(2)7-10(9,11)6-5-8-3-4-8/h8H,3-4,7H2,1-2H3. The molecule has 0 spiro atoms. The molecule has 1 unspecified atom stereocenters. The van der Waals surface area contributed by atoms with Crippen molar-refractivity contribution in [3.05, 3.63) is 0 Å². The molecule has 0 heterocycles. The van der Waals surface area contributed by atoms with Gasteiger partial charge in [0.15, 0.2) is 0 Å². The van der Waals surface area contributed by atoms with Crippen molar-refractivity contribution >= 4 is 11.6 Å². The van der Waals surface area contributed by atoms with Crippen molar-refractivity contribution in [2.24, 2.45) is 11.3 Å². The molecule has 60 valence electrons. The van der Waals surface area contributed by atoms with Gasteiger partial charge in [-0.25, -0.2) is 0 Å². The second kappa shape index (κ2) is 1.96. The summed E-state index contributed by atoms with van der Waals surface area (Å²) < 4.78 is 0. The van der Waals surface area contributed by atoms with Crippen molar-refractivity contribution in [2.75, 3.05) is 0 Å². The molecule has 0 N–H and O–H groups in total. The Morgan fingerprint density at radius 3 is 2.27 bits per heavy atom. The second-order valence-electron chi connectivity index (χ2n) is 4.41. The van der Waals surface area contributed by atoms with Gasteiger partial charge in [-0.3, -0.25) is 0 Å². The summed E-state index contributed by atoms with van der Waals surface area (Å²) in [6, 6.07) is 0. The molecule has 2 aliphatic carbocycles. The first-order chi connectivity index (χ1) is 5.04. The summed E-state index contributed by atoms with van der Waals surface area (Å²) >= 11 is 6.23. The minimum atomic E-state index is -0.171. The zero-order valence-electron chi connectivity index (χ0n) is 7.08. The molecule has 11 heavy (non-hydrogen) atoms. The number of hydrogen-bond acceptors (Lipinski definition) is 0. The van der Waals surface area contributed by atoms with Crippen LogP contribution in [0.15, 0.2) is 0 Å². The summed E-state index contributed by atoms with van der Waals surface area (Å²) in [5.41, 5.74) is 0.260. The first-order valence-electron chi connectivity index (χ1n) is 4.25. The Hall–Kier alpha value is -0.150. The topological polar surface area (TPSA) is 0 Å². The van der Waals surface area contributed by atoms with Crippen molar-refractivity contribution < 1.29 is 0 Å². The lowest BCUT2D eigenvalue weighted by Gasteiger charge is -2.02. The normalized spacial score (nSPS) is 39.2. The Kier molecular flexibility index (Phi) is 1.33. The predicted molar refractivity (Wildman–Crippen MR) is 47.5 cm³/mol. The highest BCUT2D eigenvalue weighted by Crippen LogP contribution is 2.60. The van der Waals surface area contributed by atoms with Crippen LogP contribution < -0.4 is 0 Å². The summed E-state index contributed by atoms with van der Waals surface area (Å²) in [6.07, 6.45) is 3.64. The van der Waals surface area contributed by atoms with Crippen molar-refractivity contribution in [3.8, 4) is 11.8 Å². The number of hydrogen-bond donors (Lipinski definition) is 0. The fourth-order valence-electron chi connectivity index (χ4n) is 1.22. The monoisotopic (exact) mass is 168 g/mol. The second-order valence-corrected chi connectivity index (χ2v) is 5.05. The number of rotatable bonds is 0. The van der Waals surface area contributed by atoms with Gasteiger partial charge in [0.2, 0.25) is 0 Å². The molecule has 2 fully saturated rings. The average Bonchev–Trinajstić information content (AvgIpc) is 2.69. The van der Waals surface area contributed by atoms with E-state index in [9.17, 15) is 0 Å². The third kappa shape index (κ3) is 1.27. The molecule has 0 aromatic heterocycles. The van der Waals surface area contributed by atoms with Crippen molar-refractivity contribution in [1.29, 1.82) is 0 Å². The van der Waals surface area contributed by atoms with Gasteiger partial charge in [0.05, 0.1) is 0 Å². The van der Waals surface area contributed by atoms with Crippen LogP contribution in [-0.4, -0.2) is 4.87 Å². The molecule has 0 saturated heterocycles. The molecule has 2 rings (SSSR count). The fraction of sp³-hybridized carbons (Fsp3) is 0.800. The molecule has 0 radical (unpaired) electrons. The van der Waals surface area contributed by atoms with Gasteiger partial charge in [-0.2, -0.15) is 0 Å². The van der Waals surface area contributed by atoms with Crippen molar-refractivity contribution in [2.45, 2.75) is 38.0 Å². The third-order valence-electron chi connectivity index (χ3n) is 2.69. The van der Waals surface area contributed by atoms with E-state index in [4.69, 9.17) is 11.6 Å². The maximum atomic E-state index is 6.23. The molecule has 1 atom stereocenters. The van der Waals surface area contributed by atoms with E-state index < -0.39 is 0 Å². The predicted octanol–water partition coefficient (Wildman–Crippen LogP) is 2.81. The quantitative estimate of drug-likeness (QED) is 0.386. The van der Waals surface area contributed by atoms with Crippen LogP contribution in [0.2, 0.25) is 0 Å². The first kappa shape index (κ1) is 7.50. The van der Waals surface area contributed by atoms with E-state index in [-0.39, 0.29) is 10.3 Å². The molecule has 0 aromatic rings. The minimum Gasteiger partial charge on any atom is -0.104 e. The maximum Gasteiger partial charge on any atom is 0.111 e. The highest BCUT2D eigenvalue weighted by molar-refractivity contribution is 6.29. The van der Waals surface area contributed by atoms with Gasteiger partial charge in [0.1, 0.15) is 4.87 Å². The molecule has 2 saturated carbocycles. The van der Waals surface area contributed by atoms with Gasteiger partial charge in [0, 0.05) is 5.92 Å². The molecular weight excluding hydrogens is 156 g/mol. The molecule has 0 nitrogen and oxygen atoms in total. The zero-order chi connectivity index (χ0) is 8.11. The van der Waals surface area contributed by atoms with E-state index in [1.54, 1.807) is 0 Å². The SMILES string of the molecule is CC1(C)CC1(Cl)C#CC1CC1. The van der Waals surface area contributed by atoms with Crippen LogP contribution in [-0.2, 0) is 0 Å². The summed E-state index contributed by atoms with van der Waals surface area (Å²) in [7, 11) is 0. The molecule has 0 aliphatic heterocycles. The smallest absolute Gasteiger partial charge is 0.104 e.